The van der Waals surface area contributed by atoms with Gasteiger partial charge in [0, 0.05) is 6.54 Å². The molecule has 1 rings (SSSR count). The third kappa shape index (κ3) is 1.21. The average Bonchev–Trinajstić information content (AvgIpc) is 2.08. The number of nitrogens with one attached hydrogen (secondary N) is 1. The first-order valence-corrected chi connectivity index (χ1v) is 3.92. The number of rotatable bonds is 1. The molecule has 1 fully saturated rings. The van der Waals surface area contributed by atoms with Gasteiger partial charge in [-0.1, -0.05) is 4.47 Å². The van der Waals surface area contributed by atoms with E-state index in [2.05, 4.69) is 9.56 Å². The van der Waals surface area contributed by atoms with Crippen molar-refractivity contribution in [2.24, 2.45) is 0 Å². The molecule has 0 amide bonds. The summed E-state index contributed by atoms with van der Waals surface area (Å²) in [5, 5.41) is 0. The molecule has 0 radical (unpaired) electrons. The van der Waals surface area contributed by atoms with Crippen LogP contribution in [0.2, 0.25) is 0 Å². The van der Waals surface area contributed by atoms with Gasteiger partial charge in [0.2, 0.25) is 0 Å². The molecule has 0 aliphatic carbocycles. The third-order valence-corrected chi connectivity index (χ3v) is 2.49. The molecule has 9 heavy (non-hydrogen) atoms. The Bertz CT molecular complexity index is 187. The van der Waals surface area contributed by atoms with Crippen LogP contribution < -0.4 is 4.72 Å². The summed E-state index contributed by atoms with van der Waals surface area (Å²) < 4.78 is 24.5. The molecule has 6 heteroatoms. The second kappa shape index (κ2) is 2.22. The lowest BCUT2D eigenvalue weighted by Gasteiger charge is -2.07. The van der Waals surface area contributed by atoms with Crippen molar-refractivity contribution in [3.8, 4) is 0 Å². The van der Waals surface area contributed by atoms with Crippen molar-refractivity contribution in [3.05, 3.63) is 0 Å². The highest BCUT2D eigenvalue weighted by Gasteiger charge is 2.27. The largest absolute Gasteiger partial charge is 0.301 e. The fourth-order valence-corrected chi connectivity index (χ4v) is 1.67. The molecule has 54 valence electrons. The van der Waals surface area contributed by atoms with Crippen molar-refractivity contribution in [2.45, 2.75) is 0 Å². The van der Waals surface area contributed by atoms with Crippen LogP contribution in [0.25, 0.3) is 0 Å². The fraction of sp³-hybridized carbons (Fsp3) is 1.00. The van der Waals surface area contributed by atoms with Crippen LogP contribution in [0.4, 0.5) is 0 Å². The van der Waals surface area contributed by atoms with Crippen molar-refractivity contribution in [1.82, 2.24) is 9.19 Å². The van der Waals surface area contributed by atoms with Crippen LogP contribution in [0.3, 0.4) is 0 Å². The Hall–Kier alpha value is -0.170. The molecule has 1 heterocycles. The molecular formula is C3H8N2O3S. The van der Waals surface area contributed by atoms with Gasteiger partial charge in [0.15, 0.2) is 0 Å². The summed E-state index contributed by atoms with van der Waals surface area (Å²) in [6.07, 6.45) is 0. The predicted molar refractivity (Wildman–Crippen MR) is 30.6 cm³/mol. The van der Waals surface area contributed by atoms with Crippen molar-refractivity contribution in [2.75, 3.05) is 20.2 Å². The van der Waals surface area contributed by atoms with E-state index in [0.29, 0.717) is 13.1 Å². The van der Waals surface area contributed by atoms with E-state index in [4.69, 9.17) is 0 Å². The Morgan fingerprint density at radius 2 is 2.33 bits per heavy atom. The van der Waals surface area contributed by atoms with Crippen molar-refractivity contribution in [3.63, 3.8) is 0 Å². The van der Waals surface area contributed by atoms with Gasteiger partial charge in [-0.25, -0.2) is 0 Å². The Balaban J connectivity index is 2.75. The van der Waals surface area contributed by atoms with Crippen LogP contribution in [0.5, 0.6) is 0 Å². The van der Waals surface area contributed by atoms with Crippen molar-refractivity contribution < 1.29 is 13.3 Å². The van der Waals surface area contributed by atoms with E-state index < -0.39 is 10.2 Å². The normalized spacial score (nSPS) is 26.8. The standard InChI is InChI=1S/C3H8N2O3S/c1-8-5-3-2-4-9(5,6)7/h4H,2-3H2,1H3. The van der Waals surface area contributed by atoms with Crippen molar-refractivity contribution >= 4 is 10.2 Å². The van der Waals surface area contributed by atoms with E-state index in [0.717, 1.165) is 4.47 Å². The van der Waals surface area contributed by atoms with Crippen LogP contribution >= 0.6 is 0 Å². The summed E-state index contributed by atoms with van der Waals surface area (Å²) in [6, 6.07) is 0. The zero-order chi connectivity index (χ0) is 6.91. The summed E-state index contributed by atoms with van der Waals surface area (Å²) in [7, 11) is -1.95. The smallest absolute Gasteiger partial charge is 0.287 e. The summed E-state index contributed by atoms with van der Waals surface area (Å²) in [5.74, 6) is 0. The molecule has 0 unspecified atom stereocenters. The second-order valence-electron chi connectivity index (χ2n) is 1.61. The number of hydroxylamine groups is 1. The Morgan fingerprint density at radius 3 is 2.56 bits per heavy atom. The molecule has 0 aromatic heterocycles. The minimum absolute atomic E-state index is 0.388. The molecular weight excluding hydrogens is 144 g/mol. The van der Waals surface area contributed by atoms with E-state index in [-0.39, 0.29) is 0 Å². The fourth-order valence-electron chi connectivity index (χ4n) is 0.647. The van der Waals surface area contributed by atoms with E-state index in [1.807, 2.05) is 0 Å². The van der Waals surface area contributed by atoms with E-state index in [1.54, 1.807) is 0 Å². The molecule has 5 nitrogen and oxygen atoms in total. The van der Waals surface area contributed by atoms with Crippen LogP contribution in [-0.2, 0) is 15.0 Å². The zero-order valence-corrected chi connectivity index (χ0v) is 5.81. The molecule has 1 aliphatic heterocycles. The Morgan fingerprint density at radius 1 is 1.67 bits per heavy atom. The minimum Gasteiger partial charge on any atom is -0.287 e. The SMILES string of the molecule is CON1CCNS1(=O)=O. The maximum absolute atomic E-state index is 10.7. The highest BCUT2D eigenvalue weighted by Crippen LogP contribution is 2.01. The van der Waals surface area contributed by atoms with Gasteiger partial charge in [0.1, 0.15) is 0 Å². The van der Waals surface area contributed by atoms with Crippen LogP contribution in [0.1, 0.15) is 0 Å². The monoisotopic (exact) mass is 152 g/mol. The molecule has 0 spiro atoms. The van der Waals surface area contributed by atoms with Crippen LogP contribution in [0, 0.1) is 0 Å². The molecule has 0 atom stereocenters. The van der Waals surface area contributed by atoms with Gasteiger partial charge in [0.05, 0.1) is 13.7 Å². The highest BCUT2D eigenvalue weighted by molar-refractivity contribution is 7.87. The number of hydrogen-bond acceptors (Lipinski definition) is 3. The first-order chi connectivity index (χ1) is 4.17. The lowest BCUT2D eigenvalue weighted by atomic mass is 10.7. The van der Waals surface area contributed by atoms with Gasteiger partial charge in [-0.3, -0.25) is 4.84 Å². The maximum atomic E-state index is 10.7. The van der Waals surface area contributed by atoms with E-state index in [9.17, 15) is 8.42 Å². The van der Waals surface area contributed by atoms with Gasteiger partial charge in [-0.05, 0) is 0 Å². The molecule has 0 aromatic carbocycles. The number of hydrogen-bond donors (Lipinski definition) is 1. The Labute approximate surface area is 53.7 Å². The van der Waals surface area contributed by atoms with E-state index in [1.165, 1.54) is 7.11 Å². The molecule has 1 aliphatic rings. The molecule has 0 saturated carbocycles. The molecule has 0 aromatic rings. The topological polar surface area (TPSA) is 58.6 Å². The maximum Gasteiger partial charge on any atom is 0.301 e. The van der Waals surface area contributed by atoms with Gasteiger partial charge < -0.3 is 0 Å². The first kappa shape index (κ1) is 6.94. The van der Waals surface area contributed by atoms with Gasteiger partial charge in [-0.2, -0.15) is 13.1 Å². The molecule has 0 bridgehead atoms. The van der Waals surface area contributed by atoms with Gasteiger partial charge >= 0.3 is 10.2 Å². The van der Waals surface area contributed by atoms with Crippen LogP contribution in [0.15, 0.2) is 0 Å². The minimum atomic E-state index is -3.28. The number of nitrogens with zero attached hydrogens (tertiary/aromatic N) is 1. The lowest BCUT2D eigenvalue weighted by molar-refractivity contribution is -0.0386. The predicted octanol–water partition coefficient (Wildman–Crippen LogP) is -1.30. The lowest BCUT2D eigenvalue weighted by Crippen LogP contribution is -2.28. The van der Waals surface area contributed by atoms with Gasteiger partial charge in [0.25, 0.3) is 0 Å². The summed E-state index contributed by atoms with van der Waals surface area (Å²) in [4.78, 5) is 4.51. The quantitative estimate of drug-likeness (QED) is 0.508. The zero-order valence-electron chi connectivity index (χ0n) is 4.99. The van der Waals surface area contributed by atoms with Crippen LogP contribution in [-0.4, -0.2) is 33.1 Å². The highest BCUT2D eigenvalue weighted by atomic mass is 32.2. The van der Waals surface area contributed by atoms with E-state index >= 15 is 0 Å². The average molecular weight is 152 g/mol. The molecule has 1 N–H and O–H groups in total. The Kier molecular flexibility index (Phi) is 1.71. The van der Waals surface area contributed by atoms with Crippen molar-refractivity contribution in [1.29, 1.82) is 0 Å². The third-order valence-electron chi connectivity index (χ3n) is 1.05. The summed E-state index contributed by atoms with van der Waals surface area (Å²) >= 11 is 0. The summed E-state index contributed by atoms with van der Waals surface area (Å²) in [6.45, 7) is 0.814. The molecule has 1 saturated heterocycles. The van der Waals surface area contributed by atoms with Gasteiger partial charge in [-0.15, -0.1) is 0 Å². The first-order valence-electron chi connectivity index (χ1n) is 2.48. The summed E-state index contributed by atoms with van der Waals surface area (Å²) in [5.41, 5.74) is 0. The second-order valence-corrected chi connectivity index (χ2v) is 3.25.